The van der Waals surface area contributed by atoms with Crippen molar-refractivity contribution in [1.82, 2.24) is 10.3 Å². The lowest BCUT2D eigenvalue weighted by molar-refractivity contribution is -0.123. The molecule has 0 saturated heterocycles. The fraction of sp³-hybridized carbons (Fsp3) is 0.278. The number of aryl methyl sites for hydroxylation is 3. The molecular weight excluding hydrogens is 356 g/mol. The quantitative estimate of drug-likeness (QED) is 0.719. The second kappa shape index (κ2) is 8.20. The molecule has 0 atom stereocenters. The Morgan fingerprint density at radius 1 is 1.04 bits per heavy atom. The van der Waals surface area contributed by atoms with Gasteiger partial charge in [-0.3, -0.25) is 10.2 Å². The minimum atomic E-state index is -3.98. The van der Waals surface area contributed by atoms with Gasteiger partial charge in [0, 0.05) is 0 Å². The molecule has 2 aromatic rings. The predicted molar refractivity (Wildman–Crippen MR) is 97.6 cm³/mol. The van der Waals surface area contributed by atoms with Gasteiger partial charge in [0.05, 0.1) is 7.11 Å². The number of hydrogen-bond acceptors (Lipinski definition) is 5. The van der Waals surface area contributed by atoms with Crippen LogP contribution in [-0.2, 0) is 14.8 Å². The fourth-order valence-corrected chi connectivity index (χ4v) is 3.28. The summed E-state index contributed by atoms with van der Waals surface area (Å²) in [7, 11) is -2.60. The third kappa shape index (κ3) is 4.96. The van der Waals surface area contributed by atoms with Gasteiger partial charge in [-0.2, -0.15) is 0 Å². The summed E-state index contributed by atoms with van der Waals surface area (Å²) < 4.78 is 35.2. The lowest BCUT2D eigenvalue weighted by atomic mass is 10.1. The zero-order chi connectivity index (χ0) is 19.3. The van der Waals surface area contributed by atoms with Crippen LogP contribution in [0.1, 0.15) is 16.7 Å². The van der Waals surface area contributed by atoms with Crippen molar-refractivity contribution in [1.29, 1.82) is 0 Å². The number of benzene rings is 2. The molecule has 7 nitrogen and oxygen atoms in total. The molecule has 0 spiro atoms. The average Bonchev–Trinajstić information content (AvgIpc) is 2.61. The van der Waals surface area contributed by atoms with Gasteiger partial charge in [-0.05, 0) is 61.7 Å². The molecule has 0 aliphatic heterocycles. The van der Waals surface area contributed by atoms with Crippen LogP contribution in [0.4, 0.5) is 0 Å². The van der Waals surface area contributed by atoms with Crippen LogP contribution in [0.2, 0.25) is 0 Å². The lowest BCUT2D eigenvalue weighted by Gasteiger charge is -2.13. The summed E-state index contributed by atoms with van der Waals surface area (Å²) in [5.41, 5.74) is 5.03. The number of hydrazine groups is 1. The standard InChI is InChI=1S/C18H22N2O5S/c1-12-5-8-16(24-4)17(9-12)26(22,23)20-19-18(21)11-25-15-7-6-13(2)14(3)10-15/h5-10,20H,11H2,1-4H3,(H,19,21). The molecule has 2 N–H and O–H groups in total. The summed E-state index contributed by atoms with van der Waals surface area (Å²) in [6, 6.07) is 10.2. The summed E-state index contributed by atoms with van der Waals surface area (Å²) in [4.78, 5) is 13.9. The van der Waals surface area contributed by atoms with E-state index >= 15 is 0 Å². The van der Waals surface area contributed by atoms with Crippen LogP contribution in [0.3, 0.4) is 0 Å². The van der Waals surface area contributed by atoms with E-state index in [9.17, 15) is 13.2 Å². The molecule has 0 unspecified atom stereocenters. The van der Waals surface area contributed by atoms with Crippen molar-refractivity contribution >= 4 is 15.9 Å². The molecule has 0 aliphatic rings. The Kier molecular flexibility index (Phi) is 6.23. The van der Waals surface area contributed by atoms with Crippen molar-refractivity contribution < 1.29 is 22.7 Å². The molecule has 0 aromatic heterocycles. The van der Waals surface area contributed by atoms with E-state index in [1.807, 2.05) is 30.8 Å². The SMILES string of the molecule is COc1ccc(C)cc1S(=O)(=O)NNC(=O)COc1ccc(C)c(C)c1. The fourth-order valence-electron chi connectivity index (χ4n) is 2.16. The minimum Gasteiger partial charge on any atom is -0.495 e. The van der Waals surface area contributed by atoms with Crippen LogP contribution in [0, 0.1) is 20.8 Å². The van der Waals surface area contributed by atoms with Gasteiger partial charge in [0.2, 0.25) is 0 Å². The highest BCUT2D eigenvalue weighted by molar-refractivity contribution is 7.89. The lowest BCUT2D eigenvalue weighted by Crippen LogP contribution is -2.43. The highest BCUT2D eigenvalue weighted by atomic mass is 32.2. The normalized spacial score (nSPS) is 11.1. The number of hydrogen-bond donors (Lipinski definition) is 2. The van der Waals surface area contributed by atoms with Gasteiger partial charge in [-0.25, -0.2) is 8.42 Å². The Hall–Kier alpha value is -2.58. The minimum absolute atomic E-state index is 0.0598. The van der Waals surface area contributed by atoms with Crippen molar-refractivity contribution in [2.24, 2.45) is 0 Å². The molecule has 1 amide bonds. The second-order valence-corrected chi connectivity index (χ2v) is 7.49. The predicted octanol–water partition coefficient (Wildman–Crippen LogP) is 2.01. The first kappa shape index (κ1) is 19.7. The van der Waals surface area contributed by atoms with Crippen LogP contribution < -0.4 is 19.7 Å². The van der Waals surface area contributed by atoms with Crippen molar-refractivity contribution in [3.63, 3.8) is 0 Å². The number of carbonyl (C=O) groups excluding carboxylic acids is 1. The zero-order valence-electron chi connectivity index (χ0n) is 15.1. The maximum absolute atomic E-state index is 12.4. The first-order valence-electron chi connectivity index (χ1n) is 7.88. The molecule has 8 heteroatoms. The number of carbonyl (C=O) groups is 1. The molecule has 2 aromatic carbocycles. The number of sulfonamides is 1. The van der Waals surface area contributed by atoms with Gasteiger partial charge in [0.15, 0.2) is 6.61 Å². The smallest absolute Gasteiger partial charge is 0.272 e. The Labute approximate surface area is 153 Å². The van der Waals surface area contributed by atoms with Crippen LogP contribution >= 0.6 is 0 Å². The number of rotatable bonds is 7. The Bertz CT molecular complexity index is 910. The van der Waals surface area contributed by atoms with Crippen molar-refractivity contribution in [3.05, 3.63) is 53.1 Å². The summed E-state index contributed by atoms with van der Waals surface area (Å²) in [5.74, 6) is 0.0913. The van der Waals surface area contributed by atoms with Gasteiger partial charge < -0.3 is 9.47 Å². The van der Waals surface area contributed by atoms with E-state index in [4.69, 9.17) is 9.47 Å². The maximum Gasteiger partial charge on any atom is 0.272 e. The molecule has 0 bridgehead atoms. The van der Waals surface area contributed by atoms with E-state index in [2.05, 4.69) is 5.43 Å². The first-order valence-corrected chi connectivity index (χ1v) is 9.36. The van der Waals surface area contributed by atoms with E-state index < -0.39 is 15.9 Å². The zero-order valence-corrected chi connectivity index (χ0v) is 15.9. The second-order valence-electron chi connectivity index (χ2n) is 5.84. The third-order valence-corrected chi connectivity index (χ3v) is 5.05. The van der Waals surface area contributed by atoms with Gasteiger partial charge in [-0.15, -0.1) is 4.83 Å². The Morgan fingerprint density at radius 3 is 2.42 bits per heavy atom. The number of ether oxygens (including phenoxy) is 2. The first-order chi connectivity index (χ1) is 12.2. The van der Waals surface area contributed by atoms with E-state index in [1.165, 1.54) is 13.2 Å². The van der Waals surface area contributed by atoms with E-state index in [-0.39, 0.29) is 17.3 Å². The molecule has 26 heavy (non-hydrogen) atoms. The number of nitrogens with one attached hydrogen (secondary N) is 2. The van der Waals surface area contributed by atoms with Crippen molar-refractivity contribution in [3.8, 4) is 11.5 Å². The van der Waals surface area contributed by atoms with Gasteiger partial charge in [0.25, 0.3) is 15.9 Å². The highest BCUT2D eigenvalue weighted by Crippen LogP contribution is 2.24. The number of methoxy groups -OCH3 is 1. The molecular formula is C18H22N2O5S. The molecule has 2 rings (SSSR count). The average molecular weight is 378 g/mol. The van der Waals surface area contributed by atoms with Gasteiger partial charge >= 0.3 is 0 Å². The topological polar surface area (TPSA) is 93.7 Å². The third-order valence-electron chi connectivity index (χ3n) is 3.78. The van der Waals surface area contributed by atoms with Crippen molar-refractivity contribution in [2.75, 3.05) is 13.7 Å². The molecule has 0 saturated carbocycles. The molecule has 0 radical (unpaired) electrons. The van der Waals surface area contributed by atoms with E-state index in [0.29, 0.717) is 5.75 Å². The largest absolute Gasteiger partial charge is 0.495 e. The van der Waals surface area contributed by atoms with Crippen LogP contribution in [0.25, 0.3) is 0 Å². The number of amides is 1. The Morgan fingerprint density at radius 2 is 1.77 bits per heavy atom. The van der Waals surface area contributed by atoms with Crippen LogP contribution in [0.5, 0.6) is 11.5 Å². The van der Waals surface area contributed by atoms with Crippen LogP contribution in [0.15, 0.2) is 41.3 Å². The summed E-state index contributed by atoms with van der Waals surface area (Å²) in [6.45, 7) is 5.34. The maximum atomic E-state index is 12.4. The Balaban J connectivity index is 1.97. The van der Waals surface area contributed by atoms with Crippen molar-refractivity contribution in [2.45, 2.75) is 25.7 Å². The summed E-state index contributed by atoms with van der Waals surface area (Å²) >= 11 is 0. The van der Waals surface area contributed by atoms with Gasteiger partial charge in [-0.1, -0.05) is 12.1 Å². The van der Waals surface area contributed by atoms with E-state index in [1.54, 1.807) is 25.1 Å². The highest BCUT2D eigenvalue weighted by Gasteiger charge is 2.20. The molecule has 0 heterocycles. The summed E-state index contributed by atoms with van der Waals surface area (Å²) in [6.07, 6.45) is 0. The molecule has 0 aliphatic carbocycles. The van der Waals surface area contributed by atoms with E-state index in [0.717, 1.165) is 16.7 Å². The van der Waals surface area contributed by atoms with Crippen LogP contribution in [-0.4, -0.2) is 28.0 Å². The monoisotopic (exact) mass is 378 g/mol. The molecule has 140 valence electrons. The van der Waals surface area contributed by atoms with Gasteiger partial charge in [0.1, 0.15) is 16.4 Å². The summed E-state index contributed by atoms with van der Waals surface area (Å²) in [5, 5.41) is 0. The molecule has 0 fully saturated rings.